The molecule has 0 saturated carbocycles. The molecule has 1 saturated heterocycles. The SMILES string of the molecule is OCC1OC(Sc2cncc(Cl)c2)C(O)C(n2cc(-c3nccs3)nn2)C1O. The fourth-order valence-corrected chi connectivity index (χ4v) is 4.85. The van der Waals surface area contributed by atoms with Gasteiger partial charge in [0.25, 0.3) is 0 Å². The van der Waals surface area contributed by atoms with Gasteiger partial charge in [-0.1, -0.05) is 28.6 Å². The third-order valence-corrected chi connectivity index (χ3v) is 6.37. The number of hydrogen-bond acceptors (Lipinski definition) is 10. The van der Waals surface area contributed by atoms with Gasteiger partial charge in [0.2, 0.25) is 0 Å². The van der Waals surface area contributed by atoms with E-state index in [4.69, 9.17) is 16.3 Å². The first-order valence-corrected chi connectivity index (χ1v) is 10.4. The maximum atomic E-state index is 10.9. The zero-order chi connectivity index (χ0) is 19.7. The van der Waals surface area contributed by atoms with Crippen molar-refractivity contribution in [3.8, 4) is 10.7 Å². The second-order valence-corrected chi connectivity index (χ2v) is 8.58. The van der Waals surface area contributed by atoms with Crippen LogP contribution < -0.4 is 0 Å². The summed E-state index contributed by atoms with van der Waals surface area (Å²) in [6.07, 6.45) is 3.15. The Morgan fingerprint density at radius 2 is 2.14 bits per heavy atom. The van der Waals surface area contributed by atoms with Crippen molar-refractivity contribution in [3.05, 3.63) is 41.3 Å². The quantitative estimate of drug-likeness (QED) is 0.535. The number of nitrogens with zero attached hydrogens (tertiary/aromatic N) is 5. The van der Waals surface area contributed by atoms with E-state index >= 15 is 0 Å². The van der Waals surface area contributed by atoms with Crippen LogP contribution in [-0.4, -0.2) is 70.6 Å². The van der Waals surface area contributed by atoms with E-state index in [-0.39, 0.29) is 0 Å². The van der Waals surface area contributed by atoms with E-state index in [1.807, 2.05) is 5.38 Å². The summed E-state index contributed by atoms with van der Waals surface area (Å²) in [6, 6.07) is 0.830. The van der Waals surface area contributed by atoms with E-state index in [1.165, 1.54) is 34.0 Å². The second-order valence-electron chi connectivity index (χ2n) is 6.08. The van der Waals surface area contributed by atoms with Crippen LogP contribution in [0, 0.1) is 0 Å². The van der Waals surface area contributed by atoms with Crippen LogP contribution in [-0.2, 0) is 4.74 Å². The number of thiazole rings is 1. The lowest BCUT2D eigenvalue weighted by molar-refractivity contribution is -0.178. The van der Waals surface area contributed by atoms with Gasteiger partial charge in [0.1, 0.15) is 40.5 Å². The van der Waals surface area contributed by atoms with Gasteiger partial charge in [-0.05, 0) is 6.07 Å². The van der Waals surface area contributed by atoms with E-state index in [9.17, 15) is 15.3 Å². The number of thioether (sulfide) groups is 1. The standard InChI is InChI=1S/C16H16ClN5O4S2/c17-8-3-9(5-18-4-8)28-16-14(25)12(13(24)11(7-23)26-16)22-6-10(20-21-22)15-19-1-2-27-15/h1-6,11-14,16,23-25H,7H2. The molecule has 5 unspecified atom stereocenters. The van der Waals surface area contributed by atoms with Crippen LogP contribution in [0.3, 0.4) is 0 Å². The summed E-state index contributed by atoms with van der Waals surface area (Å²) in [6.45, 7) is -0.413. The zero-order valence-electron chi connectivity index (χ0n) is 14.2. The number of rotatable bonds is 5. The molecule has 5 atom stereocenters. The molecule has 0 bridgehead atoms. The Kier molecular flexibility index (Phi) is 5.92. The zero-order valence-corrected chi connectivity index (χ0v) is 16.6. The minimum atomic E-state index is -1.18. The maximum absolute atomic E-state index is 10.9. The van der Waals surface area contributed by atoms with Crippen molar-refractivity contribution in [1.82, 2.24) is 25.0 Å². The summed E-state index contributed by atoms with van der Waals surface area (Å²) in [4.78, 5) is 8.88. The topological polar surface area (TPSA) is 126 Å². The van der Waals surface area contributed by atoms with Gasteiger partial charge in [0.15, 0.2) is 0 Å². The number of halogens is 1. The lowest BCUT2D eigenvalue weighted by Crippen LogP contribution is -2.55. The van der Waals surface area contributed by atoms with Crippen LogP contribution in [0.2, 0.25) is 5.02 Å². The molecule has 9 nitrogen and oxygen atoms in total. The van der Waals surface area contributed by atoms with Crippen LogP contribution in [0.25, 0.3) is 10.7 Å². The van der Waals surface area contributed by atoms with E-state index in [0.717, 1.165) is 0 Å². The molecule has 3 aromatic rings. The van der Waals surface area contributed by atoms with Crippen molar-refractivity contribution in [2.24, 2.45) is 0 Å². The number of aromatic nitrogens is 5. The van der Waals surface area contributed by atoms with Crippen molar-refractivity contribution in [1.29, 1.82) is 0 Å². The lowest BCUT2D eigenvalue weighted by Gasteiger charge is -2.41. The summed E-state index contributed by atoms with van der Waals surface area (Å²) < 4.78 is 7.09. The monoisotopic (exact) mass is 441 g/mol. The predicted octanol–water partition coefficient (Wildman–Crippen LogP) is 1.22. The van der Waals surface area contributed by atoms with Crippen LogP contribution in [0.5, 0.6) is 0 Å². The van der Waals surface area contributed by atoms with Gasteiger partial charge in [-0.15, -0.1) is 16.4 Å². The molecule has 3 aromatic heterocycles. The van der Waals surface area contributed by atoms with Crippen molar-refractivity contribution in [2.75, 3.05) is 6.61 Å². The Morgan fingerprint density at radius 1 is 1.29 bits per heavy atom. The predicted molar refractivity (Wildman–Crippen MR) is 103 cm³/mol. The molecular weight excluding hydrogens is 426 g/mol. The molecule has 4 heterocycles. The highest BCUT2D eigenvalue weighted by atomic mass is 35.5. The molecule has 0 radical (unpaired) electrons. The first-order valence-electron chi connectivity index (χ1n) is 8.28. The highest BCUT2D eigenvalue weighted by Gasteiger charge is 2.46. The number of hydrogen-bond donors (Lipinski definition) is 3. The first kappa shape index (κ1) is 19.7. The van der Waals surface area contributed by atoms with E-state index in [1.54, 1.807) is 24.7 Å². The molecule has 0 spiro atoms. The van der Waals surface area contributed by atoms with Crippen molar-refractivity contribution < 1.29 is 20.1 Å². The Morgan fingerprint density at radius 3 is 2.86 bits per heavy atom. The Hall–Kier alpha value is -1.60. The molecule has 0 aliphatic carbocycles. The molecule has 1 aliphatic heterocycles. The van der Waals surface area contributed by atoms with Crippen LogP contribution in [0.4, 0.5) is 0 Å². The van der Waals surface area contributed by atoms with Gasteiger partial charge < -0.3 is 20.1 Å². The Bertz CT molecular complexity index is 927. The molecule has 0 aromatic carbocycles. The summed E-state index contributed by atoms with van der Waals surface area (Å²) in [7, 11) is 0. The average Bonchev–Trinajstić information content (AvgIpc) is 3.36. The minimum absolute atomic E-state index is 0.413. The summed E-state index contributed by atoms with van der Waals surface area (Å²) in [5.41, 5.74) is -0.247. The Labute approximate surface area is 173 Å². The number of aliphatic hydroxyl groups excluding tert-OH is 3. The van der Waals surface area contributed by atoms with Crippen molar-refractivity contribution >= 4 is 34.7 Å². The van der Waals surface area contributed by atoms with Gasteiger partial charge >= 0.3 is 0 Å². The molecule has 12 heteroatoms. The normalized spacial score (nSPS) is 27.8. The lowest BCUT2D eigenvalue weighted by atomic mass is 9.97. The van der Waals surface area contributed by atoms with E-state index in [0.29, 0.717) is 20.6 Å². The van der Waals surface area contributed by atoms with Gasteiger partial charge in [-0.3, -0.25) is 4.98 Å². The van der Waals surface area contributed by atoms with Crippen molar-refractivity contribution in [3.63, 3.8) is 0 Å². The fraction of sp³-hybridized carbons (Fsp3) is 0.375. The third-order valence-electron chi connectivity index (χ3n) is 4.25. The fourth-order valence-electron chi connectivity index (χ4n) is 2.94. The summed E-state index contributed by atoms with van der Waals surface area (Å²) in [5, 5.41) is 42.2. The van der Waals surface area contributed by atoms with Crippen molar-refractivity contribution in [2.45, 2.75) is 34.7 Å². The number of ether oxygens (including phenoxy) is 1. The molecule has 28 heavy (non-hydrogen) atoms. The van der Waals surface area contributed by atoms with Crippen LogP contribution >= 0.6 is 34.7 Å². The Balaban J connectivity index is 1.61. The molecule has 148 valence electrons. The summed E-state index contributed by atoms with van der Waals surface area (Å²) in [5.74, 6) is 0. The highest BCUT2D eigenvalue weighted by molar-refractivity contribution is 7.99. The smallest absolute Gasteiger partial charge is 0.145 e. The van der Waals surface area contributed by atoms with Crippen LogP contribution in [0.15, 0.2) is 41.1 Å². The maximum Gasteiger partial charge on any atom is 0.145 e. The number of pyridine rings is 1. The van der Waals surface area contributed by atoms with Gasteiger partial charge in [0, 0.05) is 28.9 Å². The highest BCUT2D eigenvalue weighted by Crippen LogP contribution is 2.38. The molecule has 4 rings (SSSR count). The second kappa shape index (κ2) is 8.41. The van der Waals surface area contributed by atoms with Crippen LogP contribution in [0.1, 0.15) is 6.04 Å². The molecular formula is C16H16ClN5O4S2. The van der Waals surface area contributed by atoms with E-state index in [2.05, 4.69) is 20.3 Å². The van der Waals surface area contributed by atoms with Gasteiger partial charge in [0.05, 0.1) is 17.8 Å². The molecule has 3 N–H and O–H groups in total. The molecule has 0 amide bonds. The van der Waals surface area contributed by atoms with Gasteiger partial charge in [-0.25, -0.2) is 9.67 Å². The first-order chi connectivity index (χ1) is 13.6. The number of aliphatic hydroxyl groups is 3. The van der Waals surface area contributed by atoms with Gasteiger partial charge in [-0.2, -0.15) is 0 Å². The van der Waals surface area contributed by atoms with E-state index < -0.39 is 36.4 Å². The molecule has 1 aliphatic rings. The molecule has 1 fully saturated rings. The summed E-state index contributed by atoms with van der Waals surface area (Å²) >= 11 is 8.57. The average molecular weight is 442 g/mol. The minimum Gasteiger partial charge on any atom is -0.394 e. The third kappa shape index (κ3) is 3.92. The largest absolute Gasteiger partial charge is 0.394 e.